The van der Waals surface area contributed by atoms with Crippen molar-refractivity contribution in [3.05, 3.63) is 62.8 Å². The minimum atomic E-state index is -3.37. The second-order valence-electron chi connectivity index (χ2n) is 8.24. The van der Waals surface area contributed by atoms with E-state index in [0.29, 0.717) is 42.2 Å². The van der Waals surface area contributed by atoms with Gasteiger partial charge in [-0.3, -0.25) is 9.59 Å². The maximum absolute atomic E-state index is 13.2. The number of amides is 1. The number of fused-ring (bicyclic) bond motifs is 1. The van der Waals surface area contributed by atoms with Gasteiger partial charge in [0.25, 0.3) is 11.5 Å². The SMILES string of the molecule is CCS(=O)(=O)N1CCc2nc([C@H]3CCCCN3C(=O)c3cccc(C)c3)[nH]c(=O)c2C1. The van der Waals surface area contributed by atoms with Crippen LogP contribution in [0.4, 0.5) is 0 Å². The van der Waals surface area contributed by atoms with Gasteiger partial charge in [-0.05, 0) is 45.2 Å². The highest BCUT2D eigenvalue weighted by molar-refractivity contribution is 7.89. The van der Waals surface area contributed by atoms with Gasteiger partial charge in [0, 0.05) is 31.6 Å². The molecule has 9 heteroatoms. The topological polar surface area (TPSA) is 103 Å². The molecule has 0 bridgehead atoms. The summed E-state index contributed by atoms with van der Waals surface area (Å²) in [7, 11) is -3.37. The standard InChI is InChI=1S/C22H28N4O4S/c1-3-31(29,30)25-12-10-18-17(14-25)21(27)24-20(23-18)19-9-4-5-11-26(19)22(28)16-8-6-7-15(2)13-16/h6-8,13,19H,3-5,9-12,14H2,1-2H3,(H,23,24,27)/t19-/m1/s1. The van der Waals surface area contributed by atoms with E-state index in [4.69, 9.17) is 4.98 Å². The molecule has 1 amide bonds. The average molecular weight is 445 g/mol. The van der Waals surface area contributed by atoms with Crippen LogP contribution in [0.1, 0.15) is 65.2 Å². The van der Waals surface area contributed by atoms with Crippen LogP contribution in [0.25, 0.3) is 0 Å². The Balaban J connectivity index is 1.65. The number of H-pyrrole nitrogens is 1. The molecule has 0 radical (unpaired) electrons. The predicted molar refractivity (Wildman–Crippen MR) is 117 cm³/mol. The average Bonchev–Trinajstić information content (AvgIpc) is 2.78. The molecule has 1 aromatic heterocycles. The number of likely N-dealkylation sites (tertiary alicyclic amines) is 1. The van der Waals surface area contributed by atoms with Crippen molar-refractivity contribution >= 4 is 15.9 Å². The number of aromatic nitrogens is 2. The summed E-state index contributed by atoms with van der Waals surface area (Å²) in [4.78, 5) is 35.5. The van der Waals surface area contributed by atoms with E-state index < -0.39 is 10.0 Å². The zero-order valence-corrected chi connectivity index (χ0v) is 18.7. The van der Waals surface area contributed by atoms with E-state index in [1.165, 1.54) is 4.31 Å². The molecule has 0 unspecified atom stereocenters. The van der Waals surface area contributed by atoms with Crippen LogP contribution in [0.3, 0.4) is 0 Å². The van der Waals surface area contributed by atoms with Crippen molar-refractivity contribution < 1.29 is 13.2 Å². The quantitative estimate of drug-likeness (QED) is 0.778. The Morgan fingerprint density at radius 1 is 1.26 bits per heavy atom. The van der Waals surface area contributed by atoms with Gasteiger partial charge < -0.3 is 9.88 Å². The number of sulfonamides is 1. The summed E-state index contributed by atoms with van der Waals surface area (Å²) in [6.45, 7) is 4.52. The van der Waals surface area contributed by atoms with E-state index in [0.717, 1.165) is 24.8 Å². The van der Waals surface area contributed by atoms with Gasteiger partial charge in [0.2, 0.25) is 10.0 Å². The number of aromatic amines is 1. The first-order chi connectivity index (χ1) is 14.8. The summed E-state index contributed by atoms with van der Waals surface area (Å²) in [6.07, 6.45) is 2.98. The molecule has 2 aliphatic rings. The molecule has 4 rings (SSSR count). The van der Waals surface area contributed by atoms with Crippen LogP contribution < -0.4 is 5.56 Å². The Morgan fingerprint density at radius 3 is 2.81 bits per heavy atom. The summed E-state index contributed by atoms with van der Waals surface area (Å²) >= 11 is 0. The van der Waals surface area contributed by atoms with Crippen molar-refractivity contribution in [1.82, 2.24) is 19.2 Å². The number of nitrogens with zero attached hydrogens (tertiary/aromatic N) is 3. The van der Waals surface area contributed by atoms with E-state index in [-0.39, 0.29) is 29.8 Å². The molecule has 166 valence electrons. The Hall–Kier alpha value is -2.52. The number of benzene rings is 1. The zero-order chi connectivity index (χ0) is 22.2. The number of nitrogens with one attached hydrogen (secondary N) is 1. The normalized spacial score (nSPS) is 19.8. The van der Waals surface area contributed by atoms with Crippen LogP contribution in [0, 0.1) is 6.92 Å². The van der Waals surface area contributed by atoms with E-state index in [2.05, 4.69) is 4.98 Å². The maximum atomic E-state index is 13.2. The Kier molecular flexibility index (Phi) is 5.98. The summed E-state index contributed by atoms with van der Waals surface area (Å²) < 4.78 is 25.8. The fourth-order valence-corrected chi connectivity index (χ4v) is 5.46. The van der Waals surface area contributed by atoms with Gasteiger partial charge >= 0.3 is 0 Å². The van der Waals surface area contributed by atoms with Crippen LogP contribution in [0.5, 0.6) is 0 Å². The summed E-state index contributed by atoms with van der Waals surface area (Å²) in [6, 6.07) is 7.22. The summed E-state index contributed by atoms with van der Waals surface area (Å²) in [5, 5.41) is 0. The van der Waals surface area contributed by atoms with Gasteiger partial charge in [0.05, 0.1) is 23.1 Å². The van der Waals surface area contributed by atoms with E-state index >= 15 is 0 Å². The molecule has 0 aliphatic carbocycles. The summed E-state index contributed by atoms with van der Waals surface area (Å²) in [5.41, 5.74) is 2.37. The molecule has 2 aliphatic heterocycles. The van der Waals surface area contributed by atoms with Gasteiger partial charge in [0.15, 0.2) is 0 Å². The Morgan fingerprint density at radius 2 is 2.06 bits per heavy atom. The number of hydrogen-bond acceptors (Lipinski definition) is 5. The van der Waals surface area contributed by atoms with Crippen molar-refractivity contribution in [1.29, 1.82) is 0 Å². The second kappa shape index (κ2) is 8.55. The van der Waals surface area contributed by atoms with Crippen LogP contribution in [0.15, 0.2) is 29.1 Å². The van der Waals surface area contributed by atoms with Gasteiger partial charge in [-0.2, -0.15) is 4.31 Å². The highest BCUT2D eigenvalue weighted by atomic mass is 32.2. The molecule has 0 spiro atoms. The van der Waals surface area contributed by atoms with Gasteiger partial charge in [-0.25, -0.2) is 13.4 Å². The minimum Gasteiger partial charge on any atom is -0.328 e. The molecule has 1 saturated heterocycles. The van der Waals surface area contributed by atoms with E-state index in [1.807, 2.05) is 31.2 Å². The first-order valence-electron chi connectivity index (χ1n) is 10.8. The molecule has 2 aromatic rings. The lowest BCUT2D eigenvalue weighted by atomic mass is 9.99. The van der Waals surface area contributed by atoms with E-state index in [1.54, 1.807) is 11.8 Å². The molecular formula is C22H28N4O4S. The van der Waals surface area contributed by atoms with Crippen molar-refractivity contribution in [2.45, 2.75) is 52.1 Å². The monoisotopic (exact) mass is 444 g/mol. The Labute approximate surface area is 182 Å². The van der Waals surface area contributed by atoms with Gasteiger partial charge in [-0.1, -0.05) is 17.7 Å². The lowest BCUT2D eigenvalue weighted by Crippen LogP contribution is -2.43. The summed E-state index contributed by atoms with van der Waals surface area (Å²) in [5.74, 6) is 0.439. The fourth-order valence-electron chi connectivity index (χ4n) is 4.40. The number of hydrogen-bond donors (Lipinski definition) is 1. The Bertz CT molecular complexity index is 1160. The van der Waals surface area contributed by atoms with Crippen LogP contribution in [-0.2, 0) is 23.0 Å². The fraction of sp³-hybridized carbons (Fsp3) is 0.500. The molecule has 1 N–H and O–H groups in total. The maximum Gasteiger partial charge on any atom is 0.255 e. The van der Waals surface area contributed by atoms with Crippen LogP contribution in [0.2, 0.25) is 0 Å². The molecule has 31 heavy (non-hydrogen) atoms. The molecule has 0 saturated carbocycles. The third kappa shape index (κ3) is 4.29. The van der Waals surface area contributed by atoms with Crippen molar-refractivity contribution in [2.75, 3.05) is 18.8 Å². The van der Waals surface area contributed by atoms with Gasteiger partial charge in [0.1, 0.15) is 5.82 Å². The third-order valence-electron chi connectivity index (χ3n) is 6.15. The van der Waals surface area contributed by atoms with Crippen molar-refractivity contribution in [3.63, 3.8) is 0 Å². The smallest absolute Gasteiger partial charge is 0.255 e. The number of aryl methyl sites for hydroxylation is 1. The minimum absolute atomic E-state index is 0.00383. The molecule has 1 fully saturated rings. The highest BCUT2D eigenvalue weighted by Crippen LogP contribution is 2.31. The van der Waals surface area contributed by atoms with E-state index in [9.17, 15) is 18.0 Å². The van der Waals surface area contributed by atoms with Crippen LogP contribution in [-0.4, -0.2) is 52.3 Å². The molecular weight excluding hydrogens is 416 g/mol. The van der Waals surface area contributed by atoms with Gasteiger partial charge in [-0.15, -0.1) is 0 Å². The molecule has 8 nitrogen and oxygen atoms in total. The number of carbonyl (C=O) groups is 1. The molecule has 1 atom stereocenters. The van der Waals surface area contributed by atoms with Crippen LogP contribution >= 0.6 is 0 Å². The first kappa shape index (κ1) is 21.7. The zero-order valence-electron chi connectivity index (χ0n) is 17.9. The third-order valence-corrected chi connectivity index (χ3v) is 7.98. The molecule has 3 heterocycles. The van der Waals surface area contributed by atoms with Crippen molar-refractivity contribution in [2.24, 2.45) is 0 Å². The first-order valence-corrected chi connectivity index (χ1v) is 12.4. The van der Waals surface area contributed by atoms with Crippen molar-refractivity contribution in [3.8, 4) is 0 Å². The highest BCUT2D eigenvalue weighted by Gasteiger charge is 2.33. The predicted octanol–water partition coefficient (Wildman–Crippen LogP) is 2.15. The lowest BCUT2D eigenvalue weighted by Gasteiger charge is -2.36. The molecule has 1 aromatic carbocycles. The number of carbonyl (C=O) groups excluding carboxylic acids is 1. The largest absolute Gasteiger partial charge is 0.328 e. The number of rotatable bonds is 4. The lowest BCUT2D eigenvalue weighted by molar-refractivity contribution is 0.0598. The number of piperidine rings is 1. The second-order valence-corrected chi connectivity index (χ2v) is 10.5.